The van der Waals surface area contributed by atoms with Crippen molar-refractivity contribution in [2.24, 2.45) is 0 Å². The SMILES string of the molecule is Cc1cc(NC(=O)c2ccc(I)c(O)c2)no1. The minimum absolute atomic E-state index is 0.0783. The number of carbonyl (C=O) groups excluding carboxylic acids is 1. The maximum atomic E-state index is 11.8. The fourth-order valence-corrected chi connectivity index (χ4v) is 1.60. The van der Waals surface area contributed by atoms with Gasteiger partial charge in [-0.3, -0.25) is 4.79 Å². The van der Waals surface area contributed by atoms with Gasteiger partial charge in [-0.15, -0.1) is 0 Å². The lowest BCUT2D eigenvalue weighted by molar-refractivity contribution is 0.102. The van der Waals surface area contributed by atoms with Crippen LogP contribution in [0.4, 0.5) is 5.82 Å². The molecule has 0 aliphatic carbocycles. The summed E-state index contributed by atoms with van der Waals surface area (Å²) in [6.45, 7) is 1.74. The maximum Gasteiger partial charge on any atom is 0.257 e. The number of hydrogen-bond acceptors (Lipinski definition) is 4. The van der Waals surface area contributed by atoms with E-state index in [-0.39, 0.29) is 11.7 Å². The lowest BCUT2D eigenvalue weighted by Gasteiger charge is -2.03. The Bertz CT molecular complexity index is 566. The van der Waals surface area contributed by atoms with Crippen molar-refractivity contribution in [1.82, 2.24) is 5.16 Å². The number of hydrogen-bond donors (Lipinski definition) is 2. The molecule has 2 N–H and O–H groups in total. The Morgan fingerprint density at radius 1 is 1.47 bits per heavy atom. The smallest absolute Gasteiger partial charge is 0.257 e. The fourth-order valence-electron chi connectivity index (χ4n) is 1.27. The van der Waals surface area contributed by atoms with E-state index in [1.54, 1.807) is 25.1 Å². The third-order valence-corrected chi connectivity index (χ3v) is 2.99. The van der Waals surface area contributed by atoms with Gasteiger partial charge in [0.25, 0.3) is 5.91 Å². The summed E-state index contributed by atoms with van der Waals surface area (Å²) in [5, 5.41) is 15.7. The first-order chi connectivity index (χ1) is 8.06. The molecule has 0 bridgehead atoms. The maximum absolute atomic E-state index is 11.8. The Morgan fingerprint density at radius 2 is 2.24 bits per heavy atom. The molecule has 0 spiro atoms. The molecule has 1 aromatic heterocycles. The van der Waals surface area contributed by atoms with Crippen molar-refractivity contribution in [1.29, 1.82) is 0 Å². The Labute approximate surface area is 111 Å². The number of aromatic hydroxyl groups is 1. The molecular weight excluding hydrogens is 335 g/mol. The van der Waals surface area contributed by atoms with Gasteiger partial charge in [-0.1, -0.05) is 5.16 Å². The molecule has 0 saturated carbocycles. The average Bonchev–Trinajstić information content (AvgIpc) is 2.68. The van der Waals surface area contributed by atoms with Gasteiger partial charge >= 0.3 is 0 Å². The lowest BCUT2D eigenvalue weighted by Crippen LogP contribution is -2.11. The number of aromatic nitrogens is 1. The summed E-state index contributed by atoms with van der Waals surface area (Å²) in [6.07, 6.45) is 0. The van der Waals surface area contributed by atoms with Crippen LogP contribution in [0.25, 0.3) is 0 Å². The molecule has 2 rings (SSSR count). The summed E-state index contributed by atoms with van der Waals surface area (Å²) < 4.78 is 5.52. The Kier molecular flexibility index (Phi) is 3.32. The molecule has 17 heavy (non-hydrogen) atoms. The number of benzene rings is 1. The number of aryl methyl sites for hydroxylation is 1. The summed E-state index contributed by atoms with van der Waals surface area (Å²) in [5.74, 6) is 0.705. The Hall–Kier alpha value is -1.57. The number of nitrogens with one attached hydrogen (secondary N) is 1. The van der Waals surface area contributed by atoms with E-state index < -0.39 is 0 Å². The van der Waals surface area contributed by atoms with Crippen LogP contribution in [-0.2, 0) is 0 Å². The topological polar surface area (TPSA) is 75.4 Å². The molecule has 0 saturated heterocycles. The Morgan fingerprint density at radius 3 is 2.82 bits per heavy atom. The van der Waals surface area contributed by atoms with E-state index in [2.05, 4.69) is 10.5 Å². The molecular formula is C11H9IN2O3. The molecule has 0 aliphatic rings. The van der Waals surface area contributed by atoms with Crippen LogP contribution in [0, 0.1) is 10.5 Å². The summed E-state index contributed by atoms with van der Waals surface area (Å²) in [4.78, 5) is 11.8. The van der Waals surface area contributed by atoms with Crippen molar-refractivity contribution in [2.75, 3.05) is 5.32 Å². The second kappa shape index (κ2) is 4.74. The molecule has 0 fully saturated rings. The van der Waals surface area contributed by atoms with Crippen LogP contribution in [0.1, 0.15) is 16.1 Å². The molecule has 1 amide bonds. The van der Waals surface area contributed by atoms with Crippen LogP contribution in [-0.4, -0.2) is 16.2 Å². The van der Waals surface area contributed by atoms with Crippen molar-refractivity contribution in [3.8, 4) is 5.75 Å². The van der Waals surface area contributed by atoms with Crippen LogP contribution >= 0.6 is 22.6 Å². The molecule has 0 atom stereocenters. The van der Waals surface area contributed by atoms with Gasteiger partial charge in [0.2, 0.25) is 0 Å². The minimum Gasteiger partial charge on any atom is -0.507 e. The lowest BCUT2D eigenvalue weighted by atomic mass is 10.2. The molecule has 0 radical (unpaired) electrons. The molecule has 1 heterocycles. The molecule has 2 aromatic rings. The predicted molar refractivity (Wildman–Crippen MR) is 70.0 cm³/mol. The van der Waals surface area contributed by atoms with Crippen LogP contribution in [0.15, 0.2) is 28.8 Å². The largest absolute Gasteiger partial charge is 0.507 e. The monoisotopic (exact) mass is 344 g/mol. The number of nitrogens with zero attached hydrogens (tertiary/aromatic N) is 1. The number of halogens is 1. The van der Waals surface area contributed by atoms with Gasteiger partial charge in [-0.2, -0.15) is 0 Å². The van der Waals surface area contributed by atoms with E-state index in [1.807, 2.05) is 22.6 Å². The van der Waals surface area contributed by atoms with Crippen molar-refractivity contribution in [3.05, 3.63) is 39.2 Å². The highest BCUT2D eigenvalue weighted by Crippen LogP contribution is 2.21. The van der Waals surface area contributed by atoms with Crippen molar-refractivity contribution < 1.29 is 14.4 Å². The van der Waals surface area contributed by atoms with E-state index in [1.165, 1.54) is 6.07 Å². The van der Waals surface area contributed by atoms with Gasteiger partial charge in [-0.05, 0) is 47.7 Å². The first-order valence-corrected chi connectivity index (χ1v) is 5.87. The first kappa shape index (κ1) is 11.9. The first-order valence-electron chi connectivity index (χ1n) is 4.79. The molecule has 5 nitrogen and oxygen atoms in total. The second-order valence-corrected chi connectivity index (χ2v) is 4.61. The van der Waals surface area contributed by atoms with Crippen molar-refractivity contribution in [3.63, 3.8) is 0 Å². The van der Waals surface area contributed by atoms with E-state index in [4.69, 9.17) is 4.52 Å². The minimum atomic E-state index is -0.343. The molecule has 0 unspecified atom stereocenters. The molecule has 0 aliphatic heterocycles. The third kappa shape index (κ3) is 2.76. The molecule has 88 valence electrons. The number of anilines is 1. The number of phenols is 1. The molecule has 6 heteroatoms. The second-order valence-electron chi connectivity index (χ2n) is 3.44. The van der Waals surface area contributed by atoms with Crippen LogP contribution in [0.2, 0.25) is 0 Å². The summed E-state index contributed by atoms with van der Waals surface area (Å²) in [6, 6.07) is 6.32. The highest BCUT2D eigenvalue weighted by atomic mass is 127. The van der Waals surface area contributed by atoms with Gasteiger partial charge in [-0.25, -0.2) is 0 Å². The van der Waals surface area contributed by atoms with Crippen LogP contribution < -0.4 is 5.32 Å². The summed E-state index contributed by atoms with van der Waals surface area (Å²) in [5.41, 5.74) is 0.364. The van der Waals surface area contributed by atoms with Gasteiger partial charge in [0.15, 0.2) is 5.82 Å². The summed E-state index contributed by atoms with van der Waals surface area (Å²) in [7, 11) is 0. The highest BCUT2D eigenvalue weighted by molar-refractivity contribution is 14.1. The standard InChI is InChI=1S/C11H9IN2O3/c1-6-4-10(14-17-6)13-11(16)7-2-3-8(12)9(15)5-7/h2-5,15H,1H3,(H,13,14,16). The summed E-state index contributed by atoms with van der Waals surface area (Å²) >= 11 is 1.98. The van der Waals surface area contributed by atoms with E-state index in [0.717, 1.165) is 0 Å². The van der Waals surface area contributed by atoms with Crippen LogP contribution in [0.5, 0.6) is 5.75 Å². The fraction of sp³-hybridized carbons (Fsp3) is 0.0909. The van der Waals surface area contributed by atoms with E-state index >= 15 is 0 Å². The van der Waals surface area contributed by atoms with Crippen molar-refractivity contribution >= 4 is 34.3 Å². The number of amides is 1. The van der Waals surface area contributed by atoms with Gasteiger partial charge < -0.3 is 14.9 Å². The normalized spacial score (nSPS) is 10.2. The third-order valence-electron chi connectivity index (χ3n) is 2.08. The quantitative estimate of drug-likeness (QED) is 0.821. The molecule has 1 aromatic carbocycles. The van der Waals surface area contributed by atoms with E-state index in [0.29, 0.717) is 20.7 Å². The Balaban J connectivity index is 2.17. The average molecular weight is 344 g/mol. The highest BCUT2D eigenvalue weighted by Gasteiger charge is 2.10. The van der Waals surface area contributed by atoms with Gasteiger partial charge in [0.05, 0.1) is 3.57 Å². The predicted octanol–water partition coefficient (Wildman–Crippen LogP) is 2.55. The number of phenolic OH excluding ortho intramolecular Hbond substituents is 1. The van der Waals surface area contributed by atoms with Gasteiger partial charge in [0, 0.05) is 11.6 Å². The van der Waals surface area contributed by atoms with Crippen molar-refractivity contribution in [2.45, 2.75) is 6.92 Å². The number of carbonyl (C=O) groups is 1. The van der Waals surface area contributed by atoms with Crippen LogP contribution in [0.3, 0.4) is 0 Å². The number of rotatable bonds is 2. The zero-order chi connectivity index (χ0) is 12.4. The zero-order valence-corrected chi connectivity index (χ0v) is 11.1. The van der Waals surface area contributed by atoms with E-state index in [9.17, 15) is 9.90 Å². The zero-order valence-electron chi connectivity index (χ0n) is 8.90. The van der Waals surface area contributed by atoms with Gasteiger partial charge in [0.1, 0.15) is 11.5 Å².